The average molecular weight is 346 g/mol. The lowest BCUT2D eigenvalue weighted by atomic mass is 10.1. The van der Waals surface area contributed by atoms with Crippen LogP contribution in [-0.2, 0) is 13.1 Å². The number of rotatable bonds is 8. The molecule has 1 heterocycles. The molecule has 1 unspecified atom stereocenters. The fourth-order valence-electron chi connectivity index (χ4n) is 3.31. The molecule has 1 atom stereocenters. The molecule has 0 radical (unpaired) electrons. The van der Waals surface area contributed by atoms with Crippen LogP contribution >= 0.6 is 0 Å². The molecule has 1 aliphatic rings. The van der Waals surface area contributed by atoms with Gasteiger partial charge in [-0.05, 0) is 58.0 Å². The Balaban J connectivity index is 1.89. The fraction of sp³-hybridized carbons (Fsp3) is 0.650. The lowest BCUT2D eigenvalue weighted by Crippen LogP contribution is -2.42. The van der Waals surface area contributed by atoms with Crippen LogP contribution in [0, 0.1) is 0 Å². The predicted molar refractivity (Wildman–Crippen MR) is 107 cm³/mol. The number of likely N-dealkylation sites (tertiary alicyclic amines) is 1. The molecule has 3 N–H and O–H groups in total. The minimum atomic E-state index is 0.524. The lowest BCUT2D eigenvalue weighted by Gasteiger charge is -2.23. The summed E-state index contributed by atoms with van der Waals surface area (Å²) in [5, 5.41) is 3.31. The van der Waals surface area contributed by atoms with Crippen molar-refractivity contribution in [2.75, 3.05) is 26.7 Å². The topological polar surface area (TPSA) is 56.9 Å². The van der Waals surface area contributed by atoms with Gasteiger partial charge in [0.25, 0.3) is 0 Å². The maximum Gasteiger partial charge on any atom is 0.188 e. The Labute approximate surface area is 153 Å². The number of hydrogen-bond acceptors (Lipinski definition) is 3. The highest BCUT2D eigenvalue weighted by atomic mass is 15.2. The van der Waals surface area contributed by atoms with Gasteiger partial charge in [-0.15, -0.1) is 0 Å². The summed E-state index contributed by atoms with van der Waals surface area (Å²) in [4.78, 5) is 9.41. The first-order valence-corrected chi connectivity index (χ1v) is 9.56. The van der Waals surface area contributed by atoms with Gasteiger partial charge in [0.2, 0.25) is 0 Å². The molecule has 5 nitrogen and oxygen atoms in total. The van der Waals surface area contributed by atoms with E-state index in [-0.39, 0.29) is 0 Å². The van der Waals surface area contributed by atoms with Crippen LogP contribution in [0.3, 0.4) is 0 Å². The first-order valence-electron chi connectivity index (χ1n) is 9.56. The number of aliphatic imine (C=N–C) groups is 1. The van der Waals surface area contributed by atoms with E-state index < -0.39 is 0 Å². The molecule has 0 aromatic heterocycles. The van der Waals surface area contributed by atoms with Crippen LogP contribution in [0.4, 0.5) is 0 Å². The number of nitrogens with one attached hydrogen (secondary N) is 1. The van der Waals surface area contributed by atoms with Gasteiger partial charge in [0.1, 0.15) is 0 Å². The average Bonchev–Trinajstić information content (AvgIpc) is 3.06. The third-order valence-corrected chi connectivity index (χ3v) is 5.26. The van der Waals surface area contributed by atoms with Crippen molar-refractivity contribution in [2.24, 2.45) is 10.7 Å². The molecule has 2 rings (SSSR count). The molecule has 25 heavy (non-hydrogen) atoms. The monoisotopic (exact) mass is 345 g/mol. The standard InChI is InChI=1S/C20H35N5/c1-5-25-12-8-11-19(25)14-23-20(21)22-13-17-9-6-7-10-18(17)15-24(4)16(2)3/h6-7,9-10,16,19H,5,8,11-15H2,1-4H3,(H3,21,22,23). The summed E-state index contributed by atoms with van der Waals surface area (Å²) in [7, 11) is 2.15. The Morgan fingerprint density at radius 2 is 2.08 bits per heavy atom. The van der Waals surface area contributed by atoms with Gasteiger partial charge in [-0.1, -0.05) is 31.2 Å². The van der Waals surface area contributed by atoms with Crippen molar-refractivity contribution < 1.29 is 0 Å². The van der Waals surface area contributed by atoms with E-state index >= 15 is 0 Å². The van der Waals surface area contributed by atoms with Crippen LogP contribution < -0.4 is 11.1 Å². The quantitative estimate of drug-likeness (QED) is 0.561. The van der Waals surface area contributed by atoms with Crippen molar-refractivity contribution in [3.8, 4) is 0 Å². The number of hydrogen-bond donors (Lipinski definition) is 2. The van der Waals surface area contributed by atoms with Gasteiger partial charge in [0.15, 0.2) is 5.96 Å². The summed E-state index contributed by atoms with van der Waals surface area (Å²) in [6.45, 7) is 11.4. The molecule has 1 saturated heterocycles. The molecule has 0 saturated carbocycles. The van der Waals surface area contributed by atoms with Crippen molar-refractivity contribution in [2.45, 2.75) is 58.8 Å². The van der Waals surface area contributed by atoms with Crippen LogP contribution in [-0.4, -0.2) is 54.5 Å². The number of likely N-dealkylation sites (N-methyl/N-ethyl adjacent to an activating group) is 1. The van der Waals surface area contributed by atoms with Crippen LogP contribution in [0.25, 0.3) is 0 Å². The first kappa shape index (κ1) is 19.7. The van der Waals surface area contributed by atoms with Gasteiger partial charge in [-0.3, -0.25) is 9.80 Å². The molecule has 0 amide bonds. The molecule has 0 spiro atoms. The largest absolute Gasteiger partial charge is 0.370 e. The van der Waals surface area contributed by atoms with E-state index in [4.69, 9.17) is 5.73 Å². The zero-order chi connectivity index (χ0) is 18.2. The van der Waals surface area contributed by atoms with Gasteiger partial charge in [-0.25, -0.2) is 4.99 Å². The molecule has 0 aliphatic carbocycles. The van der Waals surface area contributed by atoms with Crippen molar-refractivity contribution in [3.63, 3.8) is 0 Å². The second-order valence-corrected chi connectivity index (χ2v) is 7.28. The highest BCUT2D eigenvalue weighted by Gasteiger charge is 2.22. The Bertz CT molecular complexity index is 555. The molecular weight excluding hydrogens is 310 g/mol. The third-order valence-electron chi connectivity index (χ3n) is 5.26. The summed E-state index contributed by atoms with van der Waals surface area (Å²) >= 11 is 0. The Morgan fingerprint density at radius 1 is 1.36 bits per heavy atom. The zero-order valence-electron chi connectivity index (χ0n) is 16.3. The molecule has 0 bridgehead atoms. The smallest absolute Gasteiger partial charge is 0.188 e. The molecule has 1 aromatic rings. The predicted octanol–water partition coefficient (Wildman–Crippen LogP) is 2.42. The summed E-state index contributed by atoms with van der Waals surface area (Å²) in [5.41, 5.74) is 8.66. The van der Waals surface area contributed by atoms with Gasteiger partial charge in [-0.2, -0.15) is 0 Å². The highest BCUT2D eigenvalue weighted by Crippen LogP contribution is 2.16. The van der Waals surface area contributed by atoms with Crippen molar-refractivity contribution >= 4 is 5.96 Å². The normalized spacial score (nSPS) is 19.1. The summed E-state index contributed by atoms with van der Waals surface area (Å²) < 4.78 is 0. The maximum absolute atomic E-state index is 6.10. The van der Waals surface area contributed by atoms with E-state index in [2.05, 4.69) is 72.2 Å². The number of nitrogens with zero attached hydrogens (tertiary/aromatic N) is 3. The zero-order valence-corrected chi connectivity index (χ0v) is 16.3. The number of nitrogens with two attached hydrogens (primary N) is 1. The van der Waals surface area contributed by atoms with Crippen LogP contribution in [0.2, 0.25) is 0 Å². The summed E-state index contributed by atoms with van der Waals surface area (Å²) in [6, 6.07) is 9.62. The van der Waals surface area contributed by atoms with Crippen LogP contribution in [0.5, 0.6) is 0 Å². The second-order valence-electron chi connectivity index (χ2n) is 7.28. The first-order chi connectivity index (χ1) is 12.0. The Morgan fingerprint density at radius 3 is 2.76 bits per heavy atom. The Hall–Kier alpha value is -1.59. The second kappa shape index (κ2) is 9.78. The van der Waals surface area contributed by atoms with E-state index in [0.29, 0.717) is 24.6 Å². The van der Waals surface area contributed by atoms with Gasteiger partial charge in [0.05, 0.1) is 6.54 Å². The minimum Gasteiger partial charge on any atom is -0.370 e. The molecule has 5 heteroatoms. The number of benzene rings is 1. The molecule has 140 valence electrons. The molecular formula is C20H35N5. The van der Waals surface area contributed by atoms with E-state index in [0.717, 1.165) is 19.6 Å². The highest BCUT2D eigenvalue weighted by molar-refractivity contribution is 5.77. The third kappa shape index (κ3) is 6.01. The van der Waals surface area contributed by atoms with Gasteiger partial charge in [0, 0.05) is 25.2 Å². The van der Waals surface area contributed by atoms with Gasteiger partial charge >= 0.3 is 0 Å². The fourth-order valence-corrected chi connectivity index (χ4v) is 3.31. The van der Waals surface area contributed by atoms with E-state index in [1.807, 2.05) is 0 Å². The lowest BCUT2D eigenvalue weighted by molar-refractivity contribution is 0.265. The van der Waals surface area contributed by atoms with E-state index in [9.17, 15) is 0 Å². The molecule has 1 aliphatic heterocycles. The number of guanidine groups is 1. The van der Waals surface area contributed by atoms with Crippen LogP contribution in [0.15, 0.2) is 29.3 Å². The summed E-state index contributed by atoms with van der Waals surface area (Å²) in [5.74, 6) is 0.551. The van der Waals surface area contributed by atoms with Crippen molar-refractivity contribution in [1.29, 1.82) is 0 Å². The van der Waals surface area contributed by atoms with Gasteiger partial charge < -0.3 is 11.1 Å². The molecule has 1 fully saturated rings. The Kier molecular flexibility index (Phi) is 7.72. The minimum absolute atomic E-state index is 0.524. The van der Waals surface area contributed by atoms with Crippen molar-refractivity contribution in [3.05, 3.63) is 35.4 Å². The van der Waals surface area contributed by atoms with E-state index in [1.165, 1.54) is 30.5 Å². The van der Waals surface area contributed by atoms with Crippen molar-refractivity contribution in [1.82, 2.24) is 15.1 Å². The molecule has 1 aromatic carbocycles. The van der Waals surface area contributed by atoms with Crippen LogP contribution in [0.1, 0.15) is 44.7 Å². The summed E-state index contributed by atoms with van der Waals surface area (Å²) in [6.07, 6.45) is 2.53. The maximum atomic E-state index is 6.10. The van der Waals surface area contributed by atoms with E-state index in [1.54, 1.807) is 0 Å². The SMILES string of the molecule is CCN1CCCC1CNC(N)=NCc1ccccc1CN(C)C(C)C.